The molecule has 0 bridgehead atoms. The highest BCUT2D eigenvalue weighted by Gasteiger charge is 2.88. The van der Waals surface area contributed by atoms with Gasteiger partial charge in [-0.15, -0.1) is 11.8 Å². The van der Waals surface area contributed by atoms with Gasteiger partial charge in [0.25, 0.3) is 0 Å². The van der Waals surface area contributed by atoms with Crippen LogP contribution in [0.15, 0.2) is 35.2 Å². The third-order valence-electron chi connectivity index (χ3n) is 10.3. The first kappa shape index (κ1) is 18.9. The van der Waals surface area contributed by atoms with Crippen molar-refractivity contribution in [2.75, 3.05) is 0 Å². The van der Waals surface area contributed by atoms with Crippen LogP contribution in [0.2, 0.25) is 0 Å². The van der Waals surface area contributed by atoms with Crippen LogP contribution in [0.25, 0.3) is 0 Å². The third kappa shape index (κ3) is 1.90. The van der Waals surface area contributed by atoms with Crippen LogP contribution in [-0.2, 0) is 4.79 Å². The molecule has 0 aliphatic heterocycles. The Bertz CT molecular complexity index is 881. The molecule has 156 valence electrons. The first-order valence-electron chi connectivity index (χ1n) is 11.4. The van der Waals surface area contributed by atoms with E-state index >= 15 is 0 Å². The maximum Gasteiger partial charge on any atom is 0.142 e. The molecule has 2 spiro atoms. The molecule has 5 saturated carbocycles. The van der Waals surface area contributed by atoms with Crippen molar-refractivity contribution in [3.05, 3.63) is 30.3 Å². The zero-order chi connectivity index (χ0) is 20.3. The van der Waals surface area contributed by atoms with E-state index in [-0.39, 0.29) is 27.8 Å². The highest BCUT2D eigenvalue weighted by Crippen LogP contribution is 2.86. The average molecular weight is 413 g/mol. The monoisotopic (exact) mass is 412 g/mol. The highest BCUT2D eigenvalue weighted by molar-refractivity contribution is 8.00. The van der Waals surface area contributed by atoms with Gasteiger partial charge in [-0.05, 0) is 68.4 Å². The standard InChI is InChI=1S/C25H32O3S/c1-21-11-12-23(13-14-23)19(21)25(28)15-18(27)22(2)17(26)9-6-10-24(22,25)20(21)29-16-7-4-3-5-8-16/h3-5,7-8,18-20,27-28H,6,9-15H2,1-2H3/t18-,19-,20-,21-,22+,24-,25+/m1/s1. The molecule has 0 saturated heterocycles. The zero-order valence-electron chi connectivity index (χ0n) is 17.5. The van der Waals surface area contributed by atoms with Crippen molar-refractivity contribution in [1.29, 1.82) is 0 Å². The minimum absolute atomic E-state index is 0.00474. The van der Waals surface area contributed by atoms with Crippen LogP contribution in [0.5, 0.6) is 0 Å². The number of benzene rings is 1. The molecule has 0 radical (unpaired) electrons. The van der Waals surface area contributed by atoms with Gasteiger partial charge in [0.15, 0.2) is 0 Å². The Morgan fingerprint density at radius 3 is 2.41 bits per heavy atom. The van der Waals surface area contributed by atoms with Crippen LogP contribution >= 0.6 is 11.8 Å². The lowest BCUT2D eigenvalue weighted by atomic mass is 9.52. The van der Waals surface area contributed by atoms with E-state index in [0.29, 0.717) is 12.8 Å². The molecule has 5 aliphatic carbocycles. The van der Waals surface area contributed by atoms with Gasteiger partial charge in [0.05, 0.1) is 17.1 Å². The Balaban J connectivity index is 1.59. The summed E-state index contributed by atoms with van der Waals surface area (Å²) in [5.41, 5.74) is -2.06. The number of aliphatic hydroxyl groups is 2. The van der Waals surface area contributed by atoms with E-state index < -0.39 is 22.5 Å². The Morgan fingerprint density at radius 1 is 1.03 bits per heavy atom. The molecule has 2 N–H and O–H groups in total. The normalized spacial score (nSPS) is 51.7. The Morgan fingerprint density at radius 2 is 1.72 bits per heavy atom. The molecular weight excluding hydrogens is 380 g/mol. The van der Waals surface area contributed by atoms with E-state index in [0.717, 1.165) is 19.3 Å². The summed E-state index contributed by atoms with van der Waals surface area (Å²) in [5, 5.41) is 24.1. The molecule has 0 amide bonds. The van der Waals surface area contributed by atoms with Crippen molar-refractivity contribution in [2.24, 2.45) is 27.6 Å². The number of carbonyl (C=O) groups is 1. The van der Waals surface area contributed by atoms with Gasteiger partial charge < -0.3 is 10.2 Å². The number of fused-ring (bicyclic) bond motifs is 3. The van der Waals surface area contributed by atoms with Gasteiger partial charge in [0.1, 0.15) is 5.78 Å². The fourth-order valence-corrected chi connectivity index (χ4v) is 11.0. The summed E-state index contributed by atoms with van der Waals surface area (Å²) in [5.74, 6) is 0.380. The summed E-state index contributed by atoms with van der Waals surface area (Å²) in [4.78, 5) is 14.6. The predicted molar refractivity (Wildman–Crippen MR) is 114 cm³/mol. The fraction of sp³-hybridized carbons (Fsp3) is 0.720. The van der Waals surface area contributed by atoms with Gasteiger partial charge in [0, 0.05) is 34.3 Å². The SMILES string of the molecule is C[C@@]12CCC3(CC3)[C@@H]1[C@@]1(O)C[C@@H](O)[C@]3(C)C(=O)CCC[C@@]31[C@@H]2Sc1ccccc1. The van der Waals surface area contributed by atoms with Crippen LogP contribution in [0.4, 0.5) is 0 Å². The maximum absolute atomic E-state index is 13.4. The van der Waals surface area contributed by atoms with Crippen LogP contribution in [-0.4, -0.2) is 33.0 Å². The molecular formula is C25H32O3S. The van der Waals surface area contributed by atoms with Gasteiger partial charge in [0.2, 0.25) is 0 Å². The number of hydrogen-bond donors (Lipinski definition) is 2. The zero-order valence-corrected chi connectivity index (χ0v) is 18.3. The van der Waals surface area contributed by atoms with Gasteiger partial charge in [-0.2, -0.15) is 0 Å². The first-order valence-corrected chi connectivity index (χ1v) is 12.3. The van der Waals surface area contributed by atoms with Crippen molar-refractivity contribution in [2.45, 2.75) is 87.1 Å². The Kier molecular flexibility index (Phi) is 3.58. The Hall–Kier alpha value is -0.840. The maximum atomic E-state index is 13.4. The lowest BCUT2D eigenvalue weighted by Crippen LogP contribution is -2.60. The van der Waals surface area contributed by atoms with E-state index in [2.05, 4.69) is 31.2 Å². The number of carbonyl (C=O) groups excluding carboxylic acids is 1. The van der Waals surface area contributed by atoms with Crippen LogP contribution in [0, 0.1) is 27.6 Å². The summed E-state index contributed by atoms with van der Waals surface area (Å²) >= 11 is 1.89. The second-order valence-corrected chi connectivity index (χ2v) is 12.4. The lowest BCUT2D eigenvalue weighted by Gasteiger charge is -2.54. The average Bonchev–Trinajstić information content (AvgIpc) is 3.32. The van der Waals surface area contributed by atoms with Crippen molar-refractivity contribution in [3.63, 3.8) is 0 Å². The topological polar surface area (TPSA) is 57.5 Å². The molecule has 1 aromatic rings. The molecule has 5 fully saturated rings. The molecule has 5 aliphatic rings. The number of aliphatic hydroxyl groups excluding tert-OH is 1. The molecule has 6 rings (SSSR count). The third-order valence-corrected chi connectivity index (χ3v) is 12.0. The molecule has 1 aromatic carbocycles. The summed E-state index contributed by atoms with van der Waals surface area (Å²) in [7, 11) is 0. The largest absolute Gasteiger partial charge is 0.392 e. The molecule has 0 heterocycles. The van der Waals surface area contributed by atoms with Gasteiger partial charge in [-0.3, -0.25) is 4.79 Å². The van der Waals surface area contributed by atoms with Gasteiger partial charge in [-0.25, -0.2) is 0 Å². The van der Waals surface area contributed by atoms with Gasteiger partial charge >= 0.3 is 0 Å². The van der Waals surface area contributed by atoms with E-state index in [1.165, 1.54) is 24.2 Å². The smallest absolute Gasteiger partial charge is 0.142 e. The first-order chi connectivity index (χ1) is 13.7. The summed E-state index contributed by atoms with van der Waals surface area (Å²) < 4.78 is 0. The van der Waals surface area contributed by atoms with Crippen LogP contribution < -0.4 is 0 Å². The summed E-state index contributed by atoms with van der Waals surface area (Å²) in [6.07, 6.45) is 6.61. The molecule has 4 heteroatoms. The number of rotatable bonds is 2. The molecule has 3 nitrogen and oxygen atoms in total. The van der Waals surface area contributed by atoms with E-state index in [1.54, 1.807) is 0 Å². The lowest BCUT2D eigenvalue weighted by molar-refractivity contribution is -0.162. The Labute approximate surface area is 177 Å². The van der Waals surface area contributed by atoms with Crippen molar-refractivity contribution in [3.8, 4) is 0 Å². The number of Topliss-reactive ketones (excluding diaryl/α,β-unsaturated/α-hetero) is 1. The van der Waals surface area contributed by atoms with E-state index in [4.69, 9.17) is 0 Å². The minimum Gasteiger partial charge on any atom is -0.392 e. The molecule has 29 heavy (non-hydrogen) atoms. The summed E-state index contributed by atoms with van der Waals surface area (Å²) in [6, 6.07) is 10.5. The second kappa shape index (κ2) is 5.49. The number of thioether (sulfide) groups is 1. The second-order valence-electron chi connectivity index (χ2n) is 11.2. The molecule has 0 aromatic heterocycles. The quantitative estimate of drug-likeness (QED) is 0.745. The van der Waals surface area contributed by atoms with Crippen LogP contribution in [0.3, 0.4) is 0 Å². The number of hydrogen-bond acceptors (Lipinski definition) is 4. The highest BCUT2D eigenvalue weighted by atomic mass is 32.2. The molecule has 7 atom stereocenters. The minimum atomic E-state index is -0.939. The van der Waals surface area contributed by atoms with E-state index in [9.17, 15) is 15.0 Å². The fourth-order valence-electron chi connectivity index (χ4n) is 9.11. The van der Waals surface area contributed by atoms with Gasteiger partial charge in [-0.1, -0.05) is 25.1 Å². The van der Waals surface area contributed by atoms with Crippen molar-refractivity contribution >= 4 is 17.5 Å². The van der Waals surface area contributed by atoms with Crippen molar-refractivity contribution in [1.82, 2.24) is 0 Å². The van der Waals surface area contributed by atoms with Crippen LogP contribution in [0.1, 0.15) is 65.2 Å². The predicted octanol–water partition coefficient (Wildman–Crippen LogP) is 4.60. The number of ketones is 1. The van der Waals surface area contributed by atoms with Crippen molar-refractivity contribution < 1.29 is 15.0 Å². The molecule has 0 unspecified atom stereocenters. The van der Waals surface area contributed by atoms with E-state index in [1.807, 2.05) is 24.8 Å². The summed E-state index contributed by atoms with van der Waals surface area (Å²) in [6.45, 7) is 4.40.